The fourth-order valence-corrected chi connectivity index (χ4v) is 7.73. The molecule has 11 heteroatoms. The van der Waals surface area contributed by atoms with Crippen molar-refractivity contribution >= 4 is 41.5 Å². The Labute approximate surface area is 283 Å². The van der Waals surface area contributed by atoms with Crippen molar-refractivity contribution in [3.05, 3.63) is 33.7 Å². The van der Waals surface area contributed by atoms with Crippen molar-refractivity contribution in [1.82, 2.24) is 4.98 Å². The maximum Gasteiger partial charge on any atom is 0.342 e. The minimum Gasteiger partial charge on any atom is -0.497 e. The zero-order chi connectivity index (χ0) is 33.3. The number of nitrogens with one attached hydrogen (secondary N) is 1. The summed E-state index contributed by atoms with van der Waals surface area (Å²) in [5.74, 6) is 0.416. The first-order valence-electron chi connectivity index (χ1n) is 16.2. The van der Waals surface area contributed by atoms with Crippen molar-refractivity contribution in [2.45, 2.75) is 107 Å². The number of amidine groups is 1. The van der Waals surface area contributed by atoms with Gasteiger partial charge in [0.25, 0.3) is 0 Å². The van der Waals surface area contributed by atoms with Gasteiger partial charge in [-0.3, -0.25) is 4.79 Å². The fraction of sp³-hybridized carbons (Fsp3) is 0.629. The molecule has 10 nitrogen and oxygen atoms in total. The number of rotatable bonds is 6. The van der Waals surface area contributed by atoms with Crippen LogP contribution in [0, 0.1) is 42.4 Å². The summed E-state index contributed by atoms with van der Waals surface area (Å²) in [4.78, 5) is 52.6. The van der Waals surface area contributed by atoms with Crippen LogP contribution in [0.1, 0.15) is 110 Å². The smallest absolute Gasteiger partial charge is 0.342 e. The van der Waals surface area contributed by atoms with Crippen LogP contribution < -0.4 is 10.3 Å². The number of ether oxygens (including phenoxy) is 2. The second kappa shape index (κ2) is 15.2. The number of amides is 1. The summed E-state index contributed by atoms with van der Waals surface area (Å²) in [5.41, 5.74) is 2.17. The van der Waals surface area contributed by atoms with E-state index in [1.807, 2.05) is 0 Å². The number of aliphatic hydroxyl groups is 1. The molecule has 1 aliphatic heterocycles. The van der Waals surface area contributed by atoms with E-state index >= 15 is 0 Å². The van der Waals surface area contributed by atoms with Crippen molar-refractivity contribution in [2.75, 3.05) is 5.32 Å². The number of aromatic nitrogens is 1. The van der Waals surface area contributed by atoms with E-state index in [1.165, 1.54) is 13.8 Å². The quantitative estimate of drug-likeness (QED) is 0.146. The summed E-state index contributed by atoms with van der Waals surface area (Å²) < 4.78 is 12.1. The topological polar surface area (TPSA) is 141 Å². The molecule has 0 spiro atoms. The Morgan fingerprint density at radius 2 is 1.35 bits per heavy atom. The Morgan fingerprint density at radius 1 is 0.870 bits per heavy atom. The molecule has 0 radical (unpaired) electrons. The third kappa shape index (κ3) is 8.21. The van der Waals surface area contributed by atoms with E-state index < -0.39 is 11.9 Å². The van der Waals surface area contributed by atoms with Crippen molar-refractivity contribution in [2.24, 2.45) is 45.5 Å². The molecule has 1 amide bonds. The number of aliphatic imine (C=N–C) groups is 2. The molecular weight excluding hydrogens is 628 g/mol. The van der Waals surface area contributed by atoms with Gasteiger partial charge < -0.3 is 24.9 Å². The molecule has 2 aliphatic carbocycles. The van der Waals surface area contributed by atoms with Gasteiger partial charge in [-0.05, 0) is 111 Å². The first-order chi connectivity index (χ1) is 21.1. The number of esters is 2. The van der Waals surface area contributed by atoms with Crippen molar-refractivity contribution < 1.29 is 46.0 Å². The van der Waals surface area contributed by atoms with Gasteiger partial charge in [0.1, 0.15) is 23.7 Å². The van der Waals surface area contributed by atoms with E-state index in [0.29, 0.717) is 34.4 Å². The van der Waals surface area contributed by atoms with E-state index in [1.54, 1.807) is 19.9 Å². The van der Waals surface area contributed by atoms with Gasteiger partial charge in [0, 0.05) is 24.0 Å². The SMILES string of the molecule is CC(=O)Nc1[n-]c(C=C2N=C(N=C(C)O)C(C(=O)OC3C(C)CC(C)CC3C)=C2C)c(C)c1C(=O)OC1C(C)CC(C)CC1C.[Fe]. The van der Waals surface area contributed by atoms with Crippen LogP contribution >= 0.6 is 0 Å². The molecule has 254 valence electrons. The Bertz CT molecular complexity index is 1450. The van der Waals surface area contributed by atoms with Gasteiger partial charge in [-0.2, -0.15) is 4.99 Å². The minimum absolute atomic E-state index is 0. The second-order valence-electron chi connectivity index (χ2n) is 14.0. The minimum atomic E-state index is -0.543. The fourth-order valence-electron chi connectivity index (χ4n) is 7.73. The molecule has 46 heavy (non-hydrogen) atoms. The van der Waals surface area contributed by atoms with Gasteiger partial charge >= 0.3 is 11.9 Å². The molecule has 1 aromatic rings. The van der Waals surface area contributed by atoms with Gasteiger partial charge in [-0.25, -0.2) is 14.6 Å². The van der Waals surface area contributed by atoms with Crippen LogP contribution in [0.2, 0.25) is 0 Å². The number of allylic oxidation sites excluding steroid dienone is 1. The molecule has 2 N–H and O–H groups in total. The molecule has 4 rings (SSSR count). The molecule has 1 aromatic heterocycles. The number of aliphatic hydroxyl groups excluding tert-OH is 1. The predicted octanol–water partition coefficient (Wildman–Crippen LogP) is 6.80. The Balaban J connectivity index is 0.00000576. The Hall–Kier alpha value is -3.17. The summed E-state index contributed by atoms with van der Waals surface area (Å²) in [6, 6.07) is 0. The van der Waals surface area contributed by atoms with Gasteiger partial charge in [0.2, 0.25) is 0 Å². The molecule has 2 fully saturated rings. The summed E-state index contributed by atoms with van der Waals surface area (Å²) in [6.07, 6.45) is 5.06. The van der Waals surface area contributed by atoms with Crippen LogP contribution in [0.25, 0.3) is 6.08 Å². The van der Waals surface area contributed by atoms with E-state index in [4.69, 9.17) is 9.47 Å². The van der Waals surface area contributed by atoms with Gasteiger partial charge in [-0.1, -0.05) is 41.5 Å². The standard InChI is InChI=1S/C35H50N4O6.Fe/c1-16-11-18(3)30(19(4)12-16)44-34(42)28-22(7)26(38-32(28)36-24(9)40)15-27-23(8)29(33(39-27)37-25(10)41)35(43)45-31-20(5)13-17(2)14-21(31)6;/h15-21,30-31H,11-14H2,1-10H3,(H3,36,37,38,39,40,41,42,43);/p-1. The van der Waals surface area contributed by atoms with Crippen molar-refractivity contribution in [3.63, 3.8) is 0 Å². The molecule has 0 aromatic carbocycles. The summed E-state index contributed by atoms with van der Waals surface area (Å²) in [6.45, 7) is 19.1. The molecule has 4 atom stereocenters. The Morgan fingerprint density at radius 3 is 1.80 bits per heavy atom. The summed E-state index contributed by atoms with van der Waals surface area (Å²) >= 11 is 0. The van der Waals surface area contributed by atoms with Crippen LogP contribution in [0.4, 0.5) is 5.82 Å². The number of hydrogen-bond acceptors (Lipinski definition) is 7. The maximum absolute atomic E-state index is 13.6. The van der Waals surface area contributed by atoms with Gasteiger partial charge in [0.15, 0.2) is 11.7 Å². The summed E-state index contributed by atoms with van der Waals surface area (Å²) in [5, 5.41) is 12.7. The van der Waals surface area contributed by atoms with Crippen LogP contribution in [0.15, 0.2) is 26.8 Å². The molecule has 2 heterocycles. The van der Waals surface area contributed by atoms with Gasteiger partial charge in [0.05, 0.1) is 11.3 Å². The Kier molecular flexibility index (Phi) is 12.3. The monoisotopic (exact) mass is 677 g/mol. The number of carbonyl (C=O) groups excluding carboxylic acids is 3. The van der Waals surface area contributed by atoms with E-state index in [0.717, 1.165) is 25.7 Å². The zero-order valence-corrected chi connectivity index (χ0v) is 29.8. The predicted molar refractivity (Wildman–Crippen MR) is 175 cm³/mol. The number of hydrogen-bond donors (Lipinski definition) is 2. The van der Waals surface area contributed by atoms with Gasteiger partial charge in [-0.15, -0.1) is 0 Å². The number of carbonyl (C=O) groups is 3. The third-order valence-corrected chi connectivity index (χ3v) is 9.51. The maximum atomic E-state index is 13.6. The molecule has 4 unspecified atom stereocenters. The average molecular weight is 678 g/mol. The third-order valence-electron chi connectivity index (χ3n) is 9.51. The molecule has 0 bridgehead atoms. The number of anilines is 1. The summed E-state index contributed by atoms with van der Waals surface area (Å²) in [7, 11) is 0. The zero-order valence-electron chi connectivity index (χ0n) is 28.7. The molecule has 3 aliphatic rings. The first kappa shape index (κ1) is 37.3. The molecule has 2 saturated carbocycles. The van der Waals surface area contributed by atoms with Crippen LogP contribution in [-0.4, -0.2) is 46.9 Å². The average Bonchev–Trinajstić information content (AvgIpc) is 3.37. The van der Waals surface area contributed by atoms with Crippen molar-refractivity contribution in [1.29, 1.82) is 0 Å². The normalized spacial score (nSPS) is 30.9. The van der Waals surface area contributed by atoms with Crippen LogP contribution in [0.5, 0.6) is 0 Å². The molecular formula is C35H49FeN4O6-. The van der Waals surface area contributed by atoms with E-state index in [9.17, 15) is 19.5 Å². The largest absolute Gasteiger partial charge is 0.497 e. The van der Waals surface area contributed by atoms with Crippen LogP contribution in [-0.2, 0) is 36.1 Å². The van der Waals surface area contributed by atoms with Crippen LogP contribution in [0.3, 0.4) is 0 Å². The number of nitrogens with zero attached hydrogens (tertiary/aromatic N) is 3. The first-order valence-corrected chi connectivity index (χ1v) is 16.2. The van der Waals surface area contributed by atoms with E-state index in [2.05, 4.69) is 61.8 Å². The second-order valence-corrected chi connectivity index (χ2v) is 14.0. The van der Waals surface area contributed by atoms with E-state index in [-0.39, 0.29) is 87.5 Å². The molecule has 0 saturated heterocycles. The van der Waals surface area contributed by atoms with Crippen molar-refractivity contribution in [3.8, 4) is 0 Å².